The first-order valence-electron chi connectivity index (χ1n) is 16.4. The summed E-state index contributed by atoms with van der Waals surface area (Å²) in [5.41, 5.74) is 0. The van der Waals surface area contributed by atoms with Crippen molar-refractivity contribution >= 4 is 5.97 Å². The molecule has 0 amide bonds. The van der Waals surface area contributed by atoms with Gasteiger partial charge in [0.05, 0.1) is 13.2 Å². The van der Waals surface area contributed by atoms with Crippen molar-refractivity contribution in [2.24, 2.45) is 0 Å². The zero-order chi connectivity index (χ0) is 27.8. The molecule has 0 radical (unpaired) electrons. The number of aliphatic hydroxyl groups excluding tert-OH is 1. The minimum atomic E-state index is -0.536. The number of unbranched alkanes of at least 4 members (excludes halogenated alkanes) is 18. The highest BCUT2D eigenvalue weighted by Gasteiger charge is 2.13. The molecule has 4 heteroatoms. The number of carbonyl (C=O) groups is 1. The molecule has 224 valence electrons. The summed E-state index contributed by atoms with van der Waals surface area (Å²) in [5.74, 6) is -0.213. The lowest BCUT2D eigenvalue weighted by Gasteiger charge is -2.15. The standard InChI is InChI=1S/C34H64O4/c1-3-5-7-9-11-13-15-16-17-18-19-21-23-25-27-29-34(36)38-33(31-35)32-37-30-28-26-24-22-20-14-12-10-8-6-4-2/h8,10,16-17,33,35H,3-7,9,11-15,18-32H2,1-2H3/b10-8-,17-16-. The predicted octanol–water partition coefficient (Wildman–Crippen LogP) is 10.0. The zero-order valence-corrected chi connectivity index (χ0v) is 25.4. The van der Waals surface area contributed by atoms with Gasteiger partial charge in [-0.05, 0) is 57.8 Å². The Kier molecular flexibility index (Phi) is 31.1. The smallest absolute Gasteiger partial charge is 0.306 e. The van der Waals surface area contributed by atoms with E-state index in [0.29, 0.717) is 19.6 Å². The maximum atomic E-state index is 12.1. The van der Waals surface area contributed by atoms with Crippen LogP contribution in [0, 0.1) is 0 Å². The van der Waals surface area contributed by atoms with Crippen molar-refractivity contribution in [3.63, 3.8) is 0 Å². The molecule has 0 aliphatic carbocycles. The summed E-state index contributed by atoms with van der Waals surface area (Å²) in [7, 11) is 0. The van der Waals surface area contributed by atoms with Crippen LogP contribution in [-0.2, 0) is 14.3 Å². The van der Waals surface area contributed by atoms with Crippen LogP contribution < -0.4 is 0 Å². The summed E-state index contributed by atoms with van der Waals surface area (Å²) in [4.78, 5) is 12.1. The molecule has 0 rings (SSSR count). The van der Waals surface area contributed by atoms with Crippen molar-refractivity contribution in [3.05, 3.63) is 24.3 Å². The number of ether oxygens (including phenoxy) is 2. The zero-order valence-electron chi connectivity index (χ0n) is 25.4. The van der Waals surface area contributed by atoms with E-state index in [1.807, 2.05) is 0 Å². The average molecular weight is 537 g/mol. The number of hydrogen-bond acceptors (Lipinski definition) is 4. The second-order valence-electron chi connectivity index (χ2n) is 10.9. The number of esters is 1. The molecule has 0 aromatic rings. The third-order valence-corrected chi connectivity index (χ3v) is 6.98. The molecule has 1 atom stereocenters. The Morgan fingerprint density at radius 1 is 0.605 bits per heavy atom. The fourth-order valence-electron chi connectivity index (χ4n) is 4.50. The first-order valence-corrected chi connectivity index (χ1v) is 16.4. The van der Waals surface area contributed by atoms with Crippen molar-refractivity contribution in [2.75, 3.05) is 19.8 Å². The average Bonchev–Trinajstić information content (AvgIpc) is 2.92. The van der Waals surface area contributed by atoms with Crippen LogP contribution in [0.1, 0.15) is 162 Å². The van der Waals surface area contributed by atoms with Crippen molar-refractivity contribution in [1.29, 1.82) is 0 Å². The van der Waals surface area contributed by atoms with Gasteiger partial charge in [0.25, 0.3) is 0 Å². The molecule has 0 saturated carbocycles. The molecule has 0 heterocycles. The quantitative estimate of drug-likeness (QED) is 0.0563. The topological polar surface area (TPSA) is 55.8 Å². The van der Waals surface area contributed by atoms with Crippen molar-refractivity contribution in [3.8, 4) is 0 Å². The van der Waals surface area contributed by atoms with Crippen LogP contribution in [0.15, 0.2) is 24.3 Å². The maximum Gasteiger partial charge on any atom is 0.306 e. The number of carbonyl (C=O) groups excluding carboxylic acids is 1. The van der Waals surface area contributed by atoms with Gasteiger partial charge in [-0.25, -0.2) is 0 Å². The van der Waals surface area contributed by atoms with E-state index >= 15 is 0 Å². The second kappa shape index (κ2) is 32.1. The van der Waals surface area contributed by atoms with E-state index in [9.17, 15) is 9.90 Å². The fourth-order valence-corrected chi connectivity index (χ4v) is 4.50. The maximum absolute atomic E-state index is 12.1. The normalized spacial score (nSPS) is 12.6. The molecular weight excluding hydrogens is 472 g/mol. The van der Waals surface area contributed by atoms with Crippen molar-refractivity contribution < 1.29 is 19.4 Å². The van der Waals surface area contributed by atoms with Crippen LogP contribution in [0.4, 0.5) is 0 Å². The molecule has 0 aromatic heterocycles. The van der Waals surface area contributed by atoms with E-state index in [0.717, 1.165) is 19.3 Å². The van der Waals surface area contributed by atoms with Crippen LogP contribution in [0.3, 0.4) is 0 Å². The lowest BCUT2D eigenvalue weighted by Crippen LogP contribution is -2.27. The van der Waals surface area contributed by atoms with Crippen LogP contribution in [0.2, 0.25) is 0 Å². The first-order chi connectivity index (χ1) is 18.7. The minimum absolute atomic E-state index is 0.176. The van der Waals surface area contributed by atoms with Crippen LogP contribution in [0.25, 0.3) is 0 Å². The third kappa shape index (κ3) is 29.4. The largest absolute Gasteiger partial charge is 0.457 e. The van der Waals surface area contributed by atoms with Crippen molar-refractivity contribution in [1.82, 2.24) is 0 Å². The highest BCUT2D eigenvalue weighted by molar-refractivity contribution is 5.69. The van der Waals surface area contributed by atoms with Crippen LogP contribution >= 0.6 is 0 Å². The molecule has 4 nitrogen and oxygen atoms in total. The van der Waals surface area contributed by atoms with Gasteiger partial charge in [0.1, 0.15) is 6.10 Å². The third-order valence-electron chi connectivity index (χ3n) is 6.98. The lowest BCUT2D eigenvalue weighted by molar-refractivity contribution is -0.154. The Labute approximate surface area is 237 Å². The summed E-state index contributed by atoms with van der Waals surface area (Å²) < 4.78 is 11.0. The van der Waals surface area contributed by atoms with E-state index in [1.165, 1.54) is 122 Å². The summed E-state index contributed by atoms with van der Waals surface area (Å²) in [6.45, 7) is 5.26. The molecule has 1 N–H and O–H groups in total. The second-order valence-corrected chi connectivity index (χ2v) is 10.9. The lowest BCUT2D eigenvalue weighted by atomic mass is 10.1. The molecule has 0 aliphatic heterocycles. The van der Waals surface area contributed by atoms with E-state index in [1.54, 1.807) is 0 Å². The van der Waals surface area contributed by atoms with Gasteiger partial charge in [0.2, 0.25) is 0 Å². The van der Waals surface area contributed by atoms with Gasteiger partial charge in [0.15, 0.2) is 0 Å². The number of allylic oxidation sites excluding steroid dienone is 4. The van der Waals surface area contributed by atoms with Gasteiger partial charge >= 0.3 is 5.97 Å². The molecule has 38 heavy (non-hydrogen) atoms. The van der Waals surface area contributed by atoms with Crippen LogP contribution in [-0.4, -0.2) is 37.0 Å². The summed E-state index contributed by atoms with van der Waals surface area (Å²) in [6.07, 6.45) is 36.3. The Bertz CT molecular complexity index is 529. The van der Waals surface area contributed by atoms with Crippen molar-refractivity contribution in [2.45, 2.75) is 168 Å². The summed E-state index contributed by atoms with van der Waals surface area (Å²) >= 11 is 0. The molecule has 0 saturated heterocycles. The highest BCUT2D eigenvalue weighted by Crippen LogP contribution is 2.11. The highest BCUT2D eigenvalue weighted by atomic mass is 16.6. The summed E-state index contributed by atoms with van der Waals surface area (Å²) in [6, 6.07) is 0. The Balaban J connectivity index is 3.47. The molecule has 0 bridgehead atoms. The van der Waals surface area contributed by atoms with E-state index < -0.39 is 6.10 Å². The van der Waals surface area contributed by atoms with E-state index in [-0.39, 0.29) is 12.6 Å². The van der Waals surface area contributed by atoms with Gasteiger partial charge in [-0.3, -0.25) is 4.79 Å². The molecular formula is C34H64O4. The molecule has 0 aliphatic rings. The van der Waals surface area contributed by atoms with Gasteiger partial charge in [-0.2, -0.15) is 0 Å². The van der Waals surface area contributed by atoms with Gasteiger partial charge in [-0.15, -0.1) is 0 Å². The fraction of sp³-hybridized carbons (Fsp3) is 0.853. The first kappa shape index (κ1) is 36.9. The SMILES string of the molecule is CCC/C=C\CCCCCCCCOCC(CO)OC(=O)CCCCCCC/C=C\CCCCCCCC. The van der Waals surface area contributed by atoms with Crippen LogP contribution in [0.5, 0.6) is 0 Å². The summed E-state index contributed by atoms with van der Waals surface area (Å²) in [5, 5.41) is 9.50. The molecule has 0 spiro atoms. The monoisotopic (exact) mass is 536 g/mol. The molecule has 0 fully saturated rings. The van der Waals surface area contributed by atoms with Gasteiger partial charge in [-0.1, -0.05) is 122 Å². The predicted molar refractivity (Wildman–Crippen MR) is 164 cm³/mol. The molecule has 1 unspecified atom stereocenters. The Hall–Kier alpha value is -1.13. The minimum Gasteiger partial charge on any atom is -0.457 e. The van der Waals surface area contributed by atoms with E-state index in [4.69, 9.17) is 9.47 Å². The Morgan fingerprint density at radius 2 is 1.08 bits per heavy atom. The number of aliphatic hydroxyl groups is 1. The number of rotatable bonds is 30. The number of hydrogen-bond donors (Lipinski definition) is 1. The van der Waals surface area contributed by atoms with Gasteiger partial charge in [0, 0.05) is 13.0 Å². The molecule has 0 aromatic carbocycles. The van der Waals surface area contributed by atoms with E-state index in [2.05, 4.69) is 38.2 Å². The Morgan fingerprint density at radius 3 is 1.61 bits per heavy atom. The van der Waals surface area contributed by atoms with Gasteiger partial charge < -0.3 is 14.6 Å².